The van der Waals surface area contributed by atoms with Crippen molar-refractivity contribution in [3.05, 3.63) is 45.9 Å². The number of hydrogen-bond acceptors (Lipinski definition) is 3. The molecule has 20 heavy (non-hydrogen) atoms. The number of amides is 1. The molecule has 0 saturated heterocycles. The van der Waals surface area contributed by atoms with E-state index in [1.54, 1.807) is 11.3 Å². The molecule has 0 atom stereocenters. The van der Waals surface area contributed by atoms with Crippen molar-refractivity contribution in [2.75, 3.05) is 6.54 Å². The molecular formula is C15H17N3OS. The second-order valence-electron chi connectivity index (χ2n) is 4.17. The maximum Gasteiger partial charge on any atom is 0.268 e. The molecule has 2 aromatic heterocycles. The van der Waals surface area contributed by atoms with Crippen molar-refractivity contribution in [2.45, 2.75) is 20.0 Å². The van der Waals surface area contributed by atoms with Crippen molar-refractivity contribution in [1.82, 2.24) is 9.88 Å². The number of carbonyl (C=O) groups excluding carboxylic acids is 1. The molecule has 2 rings (SSSR count). The van der Waals surface area contributed by atoms with Gasteiger partial charge in [-0.3, -0.25) is 4.79 Å². The van der Waals surface area contributed by atoms with Crippen molar-refractivity contribution >= 4 is 17.2 Å². The fourth-order valence-electron chi connectivity index (χ4n) is 1.85. The van der Waals surface area contributed by atoms with Crippen LogP contribution >= 0.6 is 11.3 Å². The average Bonchev–Trinajstić information content (AvgIpc) is 3.11. The van der Waals surface area contributed by atoms with E-state index >= 15 is 0 Å². The number of carbonyl (C=O) groups is 1. The van der Waals surface area contributed by atoms with E-state index in [0.29, 0.717) is 18.8 Å². The summed E-state index contributed by atoms with van der Waals surface area (Å²) >= 11 is 1.58. The number of aryl methyl sites for hydroxylation is 1. The molecule has 0 spiro atoms. The first-order chi connectivity index (χ1) is 9.74. The van der Waals surface area contributed by atoms with Crippen LogP contribution in [0.2, 0.25) is 0 Å². The first-order valence-corrected chi connectivity index (χ1v) is 7.32. The van der Waals surface area contributed by atoms with Crippen LogP contribution in [0.4, 0.5) is 0 Å². The smallest absolute Gasteiger partial charge is 0.268 e. The van der Waals surface area contributed by atoms with Gasteiger partial charge in [-0.25, -0.2) is 0 Å². The summed E-state index contributed by atoms with van der Waals surface area (Å²) in [6.45, 7) is 3.67. The standard InChI is InChI=1S/C15H17N3OS/c1-2-18-8-4-6-14(18)15(19)17-10-13-9-12(11-20-13)5-3-7-16/h4,6,8-9,11H,2,7,10,16H2,1H3,(H,17,19). The number of aromatic nitrogens is 1. The first-order valence-electron chi connectivity index (χ1n) is 6.44. The maximum absolute atomic E-state index is 12.1. The van der Waals surface area contributed by atoms with E-state index in [-0.39, 0.29) is 5.91 Å². The van der Waals surface area contributed by atoms with E-state index in [9.17, 15) is 4.79 Å². The lowest BCUT2D eigenvalue weighted by atomic mass is 10.3. The predicted octanol–water partition coefficient (Wildman–Crippen LogP) is 1.81. The van der Waals surface area contributed by atoms with Crippen LogP contribution in [0, 0.1) is 11.8 Å². The SMILES string of the molecule is CCn1cccc1C(=O)NCc1cc(C#CCN)cs1. The molecule has 2 heterocycles. The molecular weight excluding hydrogens is 270 g/mol. The van der Waals surface area contributed by atoms with Crippen LogP contribution in [-0.2, 0) is 13.1 Å². The van der Waals surface area contributed by atoms with Gasteiger partial charge in [-0.15, -0.1) is 11.3 Å². The summed E-state index contributed by atoms with van der Waals surface area (Å²) in [5.41, 5.74) is 6.97. The maximum atomic E-state index is 12.1. The minimum atomic E-state index is -0.0557. The summed E-state index contributed by atoms with van der Waals surface area (Å²) < 4.78 is 1.92. The van der Waals surface area contributed by atoms with Crippen LogP contribution < -0.4 is 11.1 Å². The molecule has 104 valence electrons. The lowest BCUT2D eigenvalue weighted by Crippen LogP contribution is -2.24. The van der Waals surface area contributed by atoms with Crippen molar-refractivity contribution in [1.29, 1.82) is 0 Å². The third kappa shape index (κ3) is 3.50. The summed E-state index contributed by atoms with van der Waals surface area (Å²) in [6, 6.07) is 5.68. The Labute approximate surface area is 122 Å². The molecule has 0 saturated carbocycles. The lowest BCUT2D eigenvalue weighted by molar-refractivity contribution is 0.0942. The van der Waals surface area contributed by atoms with Crippen LogP contribution in [0.25, 0.3) is 0 Å². The van der Waals surface area contributed by atoms with Crippen molar-refractivity contribution in [3.8, 4) is 11.8 Å². The van der Waals surface area contributed by atoms with Crippen molar-refractivity contribution in [3.63, 3.8) is 0 Å². The van der Waals surface area contributed by atoms with Gasteiger partial charge in [0.15, 0.2) is 0 Å². The molecule has 5 heteroatoms. The Kier molecular flexibility index (Phi) is 4.99. The summed E-state index contributed by atoms with van der Waals surface area (Å²) in [5.74, 6) is 5.74. The molecule has 2 aromatic rings. The number of rotatable bonds is 4. The Bertz CT molecular complexity index is 645. The molecule has 0 aliphatic heterocycles. The van der Waals surface area contributed by atoms with Crippen molar-refractivity contribution < 1.29 is 4.79 Å². The number of thiophene rings is 1. The zero-order valence-electron chi connectivity index (χ0n) is 11.3. The predicted molar refractivity (Wildman–Crippen MR) is 81.5 cm³/mol. The summed E-state index contributed by atoms with van der Waals surface area (Å²) in [4.78, 5) is 13.1. The highest BCUT2D eigenvalue weighted by Gasteiger charge is 2.09. The number of nitrogens with zero attached hydrogens (tertiary/aromatic N) is 1. The van der Waals surface area contributed by atoms with E-state index in [0.717, 1.165) is 17.0 Å². The van der Waals surface area contributed by atoms with E-state index < -0.39 is 0 Å². The summed E-state index contributed by atoms with van der Waals surface area (Å²) in [6.07, 6.45) is 1.90. The van der Waals surface area contributed by atoms with Gasteiger partial charge in [-0.1, -0.05) is 11.8 Å². The van der Waals surface area contributed by atoms with Gasteiger partial charge in [0.25, 0.3) is 5.91 Å². The Morgan fingerprint density at radius 3 is 3.15 bits per heavy atom. The molecule has 0 unspecified atom stereocenters. The molecule has 0 aromatic carbocycles. The average molecular weight is 287 g/mol. The molecule has 0 radical (unpaired) electrons. The molecule has 4 nitrogen and oxygen atoms in total. The molecule has 1 amide bonds. The highest BCUT2D eigenvalue weighted by atomic mass is 32.1. The van der Waals surface area contributed by atoms with Gasteiger partial charge in [0.2, 0.25) is 0 Å². The third-order valence-corrected chi connectivity index (χ3v) is 3.75. The molecule has 3 N–H and O–H groups in total. The van der Waals surface area contributed by atoms with Gasteiger partial charge in [-0.05, 0) is 25.1 Å². The number of nitrogens with two attached hydrogens (primary N) is 1. The fourth-order valence-corrected chi connectivity index (χ4v) is 2.60. The zero-order valence-corrected chi connectivity index (χ0v) is 12.2. The van der Waals surface area contributed by atoms with E-state index in [1.807, 2.05) is 41.3 Å². The van der Waals surface area contributed by atoms with Crippen LogP contribution in [0.1, 0.15) is 27.9 Å². The van der Waals surface area contributed by atoms with Crippen LogP contribution in [0.5, 0.6) is 0 Å². The number of hydrogen-bond donors (Lipinski definition) is 2. The monoisotopic (exact) mass is 287 g/mol. The van der Waals surface area contributed by atoms with Gasteiger partial charge in [-0.2, -0.15) is 0 Å². The lowest BCUT2D eigenvalue weighted by Gasteiger charge is -2.06. The molecule has 0 aliphatic rings. The largest absolute Gasteiger partial charge is 0.346 e. The summed E-state index contributed by atoms with van der Waals surface area (Å²) in [7, 11) is 0. The van der Waals surface area contributed by atoms with Gasteiger partial charge < -0.3 is 15.6 Å². The van der Waals surface area contributed by atoms with Crippen LogP contribution in [0.15, 0.2) is 29.8 Å². The molecule has 0 bridgehead atoms. The number of nitrogens with one attached hydrogen (secondary N) is 1. The topological polar surface area (TPSA) is 60.0 Å². The van der Waals surface area contributed by atoms with E-state index in [1.165, 1.54) is 0 Å². The Morgan fingerprint density at radius 1 is 1.55 bits per heavy atom. The minimum Gasteiger partial charge on any atom is -0.346 e. The Morgan fingerprint density at radius 2 is 2.40 bits per heavy atom. The van der Waals surface area contributed by atoms with Crippen LogP contribution in [0.3, 0.4) is 0 Å². The van der Waals surface area contributed by atoms with E-state index in [4.69, 9.17) is 5.73 Å². The fraction of sp³-hybridized carbons (Fsp3) is 0.267. The van der Waals surface area contributed by atoms with Gasteiger partial charge in [0.1, 0.15) is 5.69 Å². The Hall–Kier alpha value is -2.03. The second-order valence-corrected chi connectivity index (χ2v) is 5.17. The Balaban J connectivity index is 1.95. The quantitative estimate of drug-likeness (QED) is 0.843. The zero-order chi connectivity index (χ0) is 14.4. The normalized spacial score (nSPS) is 9.90. The third-order valence-electron chi connectivity index (χ3n) is 2.81. The van der Waals surface area contributed by atoms with E-state index in [2.05, 4.69) is 17.2 Å². The second kappa shape index (κ2) is 6.94. The molecule has 0 aliphatic carbocycles. The molecule has 0 fully saturated rings. The van der Waals surface area contributed by atoms with Crippen molar-refractivity contribution in [2.24, 2.45) is 5.73 Å². The van der Waals surface area contributed by atoms with Gasteiger partial charge in [0.05, 0.1) is 13.1 Å². The van der Waals surface area contributed by atoms with Crippen LogP contribution in [-0.4, -0.2) is 17.0 Å². The van der Waals surface area contributed by atoms with Gasteiger partial charge >= 0.3 is 0 Å². The first kappa shape index (κ1) is 14.4. The minimum absolute atomic E-state index is 0.0557. The van der Waals surface area contributed by atoms with Gasteiger partial charge in [0, 0.05) is 28.6 Å². The highest BCUT2D eigenvalue weighted by molar-refractivity contribution is 7.10. The summed E-state index contributed by atoms with van der Waals surface area (Å²) in [5, 5.41) is 4.89. The highest BCUT2D eigenvalue weighted by Crippen LogP contribution is 2.13.